The second kappa shape index (κ2) is 6.60. The molecule has 0 aliphatic rings. The summed E-state index contributed by atoms with van der Waals surface area (Å²) >= 11 is 0. The molecule has 0 aliphatic heterocycles. The fourth-order valence-corrected chi connectivity index (χ4v) is 1.65. The van der Waals surface area contributed by atoms with Gasteiger partial charge in [-0.1, -0.05) is 6.92 Å². The van der Waals surface area contributed by atoms with Crippen molar-refractivity contribution in [3.8, 4) is 0 Å². The molecule has 0 aliphatic carbocycles. The van der Waals surface area contributed by atoms with Crippen molar-refractivity contribution in [2.45, 2.75) is 31.7 Å². The summed E-state index contributed by atoms with van der Waals surface area (Å²) in [5.41, 5.74) is -2.48. The van der Waals surface area contributed by atoms with E-state index in [0.717, 1.165) is 21.1 Å². The van der Waals surface area contributed by atoms with E-state index in [0.29, 0.717) is 0 Å². The number of Topliss-reactive ketones (excluding diaryl/α,β-unsaturated/α-hetero) is 1. The monoisotopic (exact) mass is 278 g/mol. The lowest BCUT2D eigenvalue weighted by Crippen LogP contribution is -2.69. The van der Waals surface area contributed by atoms with Gasteiger partial charge in [0.15, 0.2) is 5.78 Å². The SMILES string of the molecule is CCC(=O)OC(CO)(C(C)=O)C(OC)(OC)C(=O)O. The quantitative estimate of drug-likeness (QED) is 0.443. The van der Waals surface area contributed by atoms with Crippen LogP contribution in [-0.4, -0.2) is 60.1 Å². The van der Waals surface area contributed by atoms with Gasteiger partial charge in [-0.05, 0) is 6.92 Å². The van der Waals surface area contributed by atoms with Crippen LogP contribution in [0.15, 0.2) is 0 Å². The number of carboxylic acids is 1. The zero-order valence-electron chi connectivity index (χ0n) is 11.3. The Kier molecular flexibility index (Phi) is 6.07. The lowest BCUT2D eigenvalue weighted by molar-refractivity contribution is -0.295. The summed E-state index contributed by atoms with van der Waals surface area (Å²) in [5.74, 6) is -6.11. The van der Waals surface area contributed by atoms with Gasteiger partial charge in [0.25, 0.3) is 5.60 Å². The number of carbonyl (C=O) groups is 3. The van der Waals surface area contributed by atoms with Crippen molar-refractivity contribution in [1.29, 1.82) is 0 Å². The van der Waals surface area contributed by atoms with Gasteiger partial charge in [0.2, 0.25) is 0 Å². The second-order valence-electron chi connectivity index (χ2n) is 3.70. The molecular weight excluding hydrogens is 260 g/mol. The van der Waals surface area contributed by atoms with Crippen LogP contribution in [0.3, 0.4) is 0 Å². The first-order valence-corrected chi connectivity index (χ1v) is 5.45. The summed E-state index contributed by atoms with van der Waals surface area (Å²) in [6.07, 6.45) is -0.113. The third-order valence-corrected chi connectivity index (χ3v) is 2.76. The third kappa shape index (κ3) is 2.75. The molecule has 0 heterocycles. The van der Waals surface area contributed by atoms with Gasteiger partial charge >= 0.3 is 17.7 Å². The molecule has 0 aromatic rings. The zero-order chi connectivity index (χ0) is 15.3. The number of methoxy groups -OCH3 is 2. The maximum atomic E-state index is 11.8. The first kappa shape index (κ1) is 17.5. The predicted octanol–water partition coefficient (Wildman–Crippen LogP) is -0.667. The molecule has 110 valence electrons. The highest BCUT2D eigenvalue weighted by atomic mass is 16.7. The lowest BCUT2D eigenvalue weighted by Gasteiger charge is -2.41. The summed E-state index contributed by atoms with van der Waals surface area (Å²) < 4.78 is 14.3. The van der Waals surface area contributed by atoms with Gasteiger partial charge in [0, 0.05) is 20.6 Å². The first-order chi connectivity index (χ1) is 8.77. The number of ether oxygens (including phenoxy) is 3. The fraction of sp³-hybridized carbons (Fsp3) is 0.727. The molecule has 0 bridgehead atoms. The van der Waals surface area contributed by atoms with Crippen LogP contribution in [0.2, 0.25) is 0 Å². The van der Waals surface area contributed by atoms with E-state index in [1.807, 2.05) is 0 Å². The van der Waals surface area contributed by atoms with Crippen LogP contribution in [0.1, 0.15) is 20.3 Å². The van der Waals surface area contributed by atoms with Gasteiger partial charge < -0.3 is 24.4 Å². The molecule has 0 spiro atoms. The molecule has 0 radical (unpaired) electrons. The Morgan fingerprint density at radius 1 is 1.16 bits per heavy atom. The van der Waals surface area contributed by atoms with E-state index >= 15 is 0 Å². The van der Waals surface area contributed by atoms with Crippen LogP contribution in [-0.2, 0) is 28.6 Å². The first-order valence-electron chi connectivity index (χ1n) is 5.45. The molecule has 8 heteroatoms. The molecule has 0 aromatic carbocycles. The molecule has 19 heavy (non-hydrogen) atoms. The molecule has 0 amide bonds. The number of rotatable bonds is 8. The van der Waals surface area contributed by atoms with Crippen LogP contribution in [0.25, 0.3) is 0 Å². The van der Waals surface area contributed by atoms with E-state index in [9.17, 15) is 24.6 Å². The van der Waals surface area contributed by atoms with E-state index in [2.05, 4.69) is 0 Å². The summed E-state index contributed by atoms with van der Waals surface area (Å²) in [4.78, 5) is 34.5. The van der Waals surface area contributed by atoms with Gasteiger partial charge in [0.05, 0.1) is 6.61 Å². The van der Waals surface area contributed by atoms with Crippen molar-refractivity contribution in [1.82, 2.24) is 0 Å². The highest BCUT2D eigenvalue weighted by Crippen LogP contribution is 2.32. The molecule has 0 aromatic heterocycles. The molecule has 1 atom stereocenters. The molecule has 0 fully saturated rings. The number of aliphatic carboxylic acids is 1. The van der Waals surface area contributed by atoms with Gasteiger partial charge in [0.1, 0.15) is 0 Å². The second-order valence-corrected chi connectivity index (χ2v) is 3.70. The van der Waals surface area contributed by atoms with Gasteiger partial charge in [-0.15, -0.1) is 0 Å². The third-order valence-electron chi connectivity index (χ3n) is 2.76. The summed E-state index contributed by atoms with van der Waals surface area (Å²) in [7, 11) is 1.93. The van der Waals surface area contributed by atoms with E-state index in [1.165, 1.54) is 6.92 Å². The Morgan fingerprint density at radius 3 is 1.84 bits per heavy atom. The average molecular weight is 278 g/mol. The van der Waals surface area contributed by atoms with E-state index in [1.54, 1.807) is 0 Å². The minimum absolute atomic E-state index is 0.113. The Labute approximate surface area is 110 Å². The van der Waals surface area contributed by atoms with E-state index < -0.39 is 35.7 Å². The number of ketones is 1. The van der Waals surface area contributed by atoms with E-state index in [4.69, 9.17) is 14.2 Å². The largest absolute Gasteiger partial charge is 0.477 e. The maximum Gasteiger partial charge on any atom is 0.369 e. The summed E-state index contributed by atoms with van der Waals surface area (Å²) in [6.45, 7) is 1.32. The zero-order valence-corrected chi connectivity index (χ0v) is 11.3. The Bertz CT molecular complexity index is 360. The number of esters is 1. The van der Waals surface area contributed by atoms with Gasteiger partial charge in [-0.3, -0.25) is 9.59 Å². The molecule has 8 nitrogen and oxygen atoms in total. The average Bonchev–Trinajstić information content (AvgIpc) is 2.38. The van der Waals surface area contributed by atoms with Crippen molar-refractivity contribution in [2.75, 3.05) is 20.8 Å². The molecule has 0 saturated heterocycles. The highest BCUT2D eigenvalue weighted by Gasteiger charge is 2.65. The molecule has 1 unspecified atom stereocenters. The van der Waals surface area contributed by atoms with Crippen LogP contribution in [0.4, 0.5) is 0 Å². The van der Waals surface area contributed by atoms with Gasteiger partial charge in [-0.2, -0.15) is 0 Å². The van der Waals surface area contributed by atoms with Gasteiger partial charge in [-0.25, -0.2) is 4.79 Å². The van der Waals surface area contributed by atoms with Crippen molar-refractivity contribution >= 4 is 17.7 Å². The van der Waals surface area contributed by atoms with Crippen molar-refractivity contribution < 1.29 is 38.8 Å². The molecule has 0 rings (SSSR count). The Hall–Kier alpha value is -1.51. The fourth-order valence-electron chi connectivity index (χ4n) is 1.65. The number of hydrogen-bond donors (Lipinski definition) is 2. The van der Waals surface area contributed by atoms with Crippen molar-refractivity contribution in [2.24, 2.45) is 0 Å². The molecule has 2 N–H and O–H groups in total. The number of carbonyl (C=O) groups excluding carboxylic acids is 2. The van der Waals surface area contributed by atoms with Crippen molar-refractivity contribution in [3.63, 3.8) is 0 Å². The van der Waals surface area contributed by atoms with Crippen LogP contribution in [0.5, 0.6) is 0 Å². The number of hydrogen-bond acceptors (Lipinski definition) is 7. The summed E-state index contributed by atoms with van der Waals surface area (Å²) in [6, 6.07) is 0. The predicted molar refractivity (Wildman–Crippen MR) is 61.3 cm³/mol. The summed E-state index contributed by atoms with van der Waals surface area (Å²) in [5, 5.41) is 18.6. The lowest BCUT2D eigenvalue weighted by atomic mass is 9.88. The Balaban J connectivity index is 5.99. The smallest absolute Gasteiger partial charge is 0.369 e. The molecule has 0 saturated carbocycles. The molecular formula is C11H18O8. The minimum atomic E-state index is -2.63. The van der Waals surface area contributed by atoms with Crippen LogP contribution in [0, 0.1) is 0 Å². The number of aliphatic hydroxyl groups is 1. The van der Waals surface area contributed by atoms with Crippen LogP contribution >= 0.6 is 0 Å². The van der Waals surface area contributed by atoms with Crippen molar-refractivity contribution in [3.05, 3.63) is 0 Å². The maximum absolute atomic E-state index is 11.8. The topological polar surface area (TPSA) is 119 Å². The normalized spacial score (nSPS) is 14.6. The highest BCUT2D eigenvalue weighted by molar-refractivity contribution is 5.95. The standard InChI is InChI=1S/C11H18O8/c1-5-8(14)19-10(6-12,7(2)13)11(17-3,18-4)9(15)16/h12H,5-6H2,1-4H3,(H,15,16). The number of carboxylic acid groups (broad SMARTS) is 1. The number of aliphatic hydroxyl groups excluding tert-OH is 1. The Morgan fingerprint density at radius 2 is 1.63 bits per heavy atom. The van der Waals surface area contributed by atoms with E-state index in [-0.39, 0.29) is 6.42 Å². The minimum Gasteiger partial charge on any atom is -0.477 e. The van der Waals surface area contributed by atoms with Crippen LogP contribution < -0.4 is 0 Å².